The third-order valence-electron chi connectivity index (χ3n) is 3.11. The number of nitro benzene ring substituents is 1. The second-order valence-electron chi connectivity index (χ2n) is 4.29. The fourth-order valence-electron chi connectivity index (χ4n) is 2.05. The molecule has 2 rings (SSSR count). The van der Waals surface area contributed by atoms with E-state index in [1.54, 1.807) is 4.90 Å². The van der Waals surface area contributed by atoms with Crippen molar-refractivity contribution in [3.05, 3.63) is 33.9 Å². The van der Waals surface area contributed by atoms with Crippen LogP contribution in [-0.2, 0) is 15.5 Å². The molecule has 1 saturated heterocycles. The Morgan fingerprint density at radius 3 is 2.60 bits per heavy atom. The number of esters is 1. The number of carbonyl (C=O) groups is 1. The minimum absolute atomic E-state index is 0.0645. The Balaban J connectivity index is 2.39. The van der Waals surface area contributed by atoms with Crippen molar-refractivity contribution >= 4 is 28.1 Å². The maximum atomic E-state index is 11.5. The fraction of sp³-hybridized carbons (Fsp3) is 0.417. The first-order valence-electron chi connectivity index (χ1n) is 5.99. The van der Waals surface area contributed by atoms with Crippen molar-refractivity contribution in [2.24, 2.45) is 0 Å². The van der Waals surface area contributed by atoms with E-state index in [-0.39, 0.29) is 11.3 Å². The van der Waals surface area contributed by atoms with E-state index >= 15 is 0 Å². The molecule has 8 heteroatoms. The highest BCUT2D eigenvalue weighted by atomic mass is 32.2. The molecular formula is C12H14N2O5S. The van der Waals surface area contributed by atoms with E-state index in [2.05, 4.69) is 4.74 Å². The number of carbonyl (C=O) groups excluding carboxylic acids is 1. The van der Waals surface area contributed by atoms with Crippen LogP contribution in [0, 0.1) is 10.1 Å². The monoisotopic (exact) mass is 298 g/mol. The van der Waals surface area contributed by atoms with Gasteiger partial charge in [0.1, 0.15) is 5.69 Å². The molecule has 0 radical (unpaired) electrons. The van der Waals surface area contributed by atoms with Gasteiger partial charge in [-0.3, -0.25) is 14.3 Å². The van der Waals surface area contributed by atoms with E-state index in [0.717, 1.165) is 0 Å². The van der Waals surface area contributed by atoms with Crippen molar-refractivity contribution in [3.8, 4) is 0 Å². The van der Waals surface area contributed by atoms with Crippen molar-refractivity contribution in [3.63, 3.8) is 0 Å². The number of methoxy groups -OCH3 is 1. The van der Waals surface area contributed by atoms with Crippen molar-refractivity contribution in [2.75, 3.05) is 36.6 Å². The fourth-order valence-corrected chi connectivity index (χ4v) is 3.11. The van der Waals surface area contributed by atoms with Crippen LogP contribution in [0.25, 0.3) is 0 Å². The highest BCUT2D eigenvalue weighted by Gasteiger charge is 2.24. The molecule has 0 amide bonds. The molecule has 1 aromatic rings. The Morgan fingerprint density at radius 1 is 1.40 bits per heavy atom. The first-order valence-corrected chi connectivity index (χ1v) is 7.48. The van der Waals surface area contributed by atoms with Gasteiger partial charge in [-0.25, -0.2) is 4.79 Å². The molecule has 20 heavy (non-hydrogen) atoms. The smallest absolute Gasteiger partial charge is 0.337 e. The zero-order valence-corrected chi connectivity index (χ0v) is 11.7. The molecule has 0 saturated carbocycles. The van der Waals surface area contributed by atoms with E-state index in [4.69, 9.17) is 0 Å². The van der Waals surface area contributed by atoms with Crippen LogP contribution in [0.2, 0.25) is 0 Å². The summed E-state index contributed by atoms with van der Waals surface area (Å²) in [6.45, 7) is 0.941. The summed E-state index contributed by atoms with van der Waals surface area (Å²) in [7, 11) is 0.387. The van der Waals surface area contributed by atoms with Gasteiger partial charge in [0.15, 0.2) is 0 Å². The topological polar surface area (TPSA) is 89.8 Å². The van der Waals surface area contributed by atoms with E-state index in [1.807, 2.05) is 0 Å². The number of benzene rings is 1. The van der Waals surface area contributed by atoms with Gasteiger partial charge in [0, 0.05) is 41.5 Å². The molecule has 0 bridgehead atoms. The van der Waals surface area contributed by atoms with Crippen LogP contribution >= 0.6 is 0 Å². The van der Waals surface area contributed by atoms with Gasteiger partial charge in [0.25, 0.3) is 5.69 Å². The molecule has 7 nitrogen and oxygen atoms in total. The van der Waals surface area contributed by atoms with Crippen LogP contribution in [0.4, 0.5) is 11.4 Å². The molecule has 0 aromatic heterocycles. The molecule has 1 aromatic carbocycles. The Labute approximate surface area is 118 Å². The third kappa shape index (κ3) is 2.96. The summed E-state index contributed by atoms with van der Waals surface area (Å²) < 4.78 is 16.0. The lowest BCUT2D eigenvalue weighted by Gasteiger charge is -2.28. The number of anilines is 1. The molecule has 0 unspecified atom stereocenters. The van der Waals surface area contributed by atoms with Gasteiger partial charge in [-0.2, -0.15) is 0 Å². The summed E-state index contributed by atoms with van der Waals surface area (Å²) in [5.41, 5.74) is 0.569. The van der Waals surface area contributed by atoms with Crippen LogP contribution in [0.5, 0.6) is 0 Å². The molecular weight excluding hydrogens is 284 g/mol. The number of hydrogen-bond acceptors (Lipinski definition) is 6. The van der Waals surface area contributed by atoms with Gasteiger partial charge in [-0.1, -0.05) is 0 Å². The van der Waals surface area contributed by atoms with Crippen molar-refractivity contribution in [1.82, 2.24) is 0 Å². The number of ether oxygens (including phenoxy) is 1. The molecule has 1 aliphatic rings. The van der Waals surface area contributed by atoms with Crippen molar-refractivity contribution in [1.29, 1.82) is 0 Å². The summed E-state index contributed by atoms with van der Waals surface area (Å²) in [4.78, 5) is 23.9. The molecule has 0 spiro atoms. The van der Waals surface area contributed by atoms with Gasteiger partial charge in [0.05, 0.1) is 17.6 Å². The Hall–Kier alpha value is -1.96. The van der Waals surface area contributed by atoms with Crippen LogP contribution in [0.3, 0.4) is 0 Å². The average molecular weight is 298 g/mol. The second kappa shape index (κ2) is 6.00. The molecule has 1 aliphatic heterocycles. The largest absolute Gasteiger partial charge is 0.465 e. The Kier molecular flexibility index (Phi) is 4.33. The van der Waals surface area contributed by atoms with Crippen LogP contribution in [-0.4, -0.2) is 46.8 Å². The van der Waals surface area contributed by atoms with E-state index in [1.165, 1.54) is 25.3 Å². The lowest BCUT2D eigenvalue weighted by atomic mass is 10.1. The third-order valence-corrected chi connectivity index (χ3v) is 4.39. The maximum absolute atomic E-state index is 11.5. The molecule has 0 N–H and O–H groups in total. The summed E-state index contributed by atoms with van der Waals surface area (Å²) in [6, 6.07) is 4.13. The van der Waals surface area contributed by atoms with Crippen LogP contribution < -0.4 is 4.90 Å². The van der Waals surface area contributed by atoms with Crippen LogP contribution in [0.15, 0.2) is 18.2 Å². The van der Waals surface area contributed by atoms with Gasteiger partial charge >= 0.3 is 5.97 Å². The standard InChI is InChI=1S/C12H14N2O5S/c1-19-12(15)9-2-3-10(14(16)17)11(8-9)13-4-6-20(18)7-5-13/h2-3,8H,4-7H2,1H3. The Morgan fingerprint density at radius 2 is 2.05 bits per heavy atom. The normalized spacial score (nSPS) is 15.9. The highest BCUT2D eigenvalue weighted by Crippen LogP contribution is 2.30. The van der Waals surface area contributed by atoms with E-state index in [0.29, 0.717) is 30.3 Å². The molecule has 0 atom stereocenters. The second-order valence-corrected chi connectivity index (χ2v) is 5.98. The number of hydrogen-bond donors (Lipinski definition) is 0. The quantitative estimate of drug-likeness (QED) is 0.469. The lowest BCUT2D eigenvalue weighted by molar-refractivity contribution is -0.384. The van der Waals surface area contributed by atoms with Gasteiger partial charge < -0.3 is 9.64 Å². The maximum Gasteiger partial charge on any atom is 0.337 e. The number of nitrogens with zero attached hydrogens (tertiary/aromatic N) is 2. The van der Waals surface area contributed by atoms with E-state index in [9.17, 15) is 19.1 Å². The molecule has 1 fully saturated rings. The summed E-state index contributed by atoms with van der Waals surface area (Å²) in [5.74, 6) is 0.404. The summed E-state index contributed by atoms with van der Waals surface area (Å²) in [5, 5.41) is 11.1. The molecule has 0 aliphatic carbocycles. The highest BCUT2D eigenvalue weighted by molar-refractivity contribution is 7.85. The lowest BCUT2D eigenvalue weighted by Crippen LogP contribution is -2.38. The average Bonchev–Trinajstić information content (AvgIpc) is 2.46. The van der Waals surface area contributed by atoms with Gasteiger partial charge in [0.2, 0.25) is 0 Å². The minimum Gasteiger partial charge on any atom is -0.465 e. The SMILES string of the molecule is COC(=O)c1ccc([N+](=O)[O-])c(N2CCS(=O)CC2)c1. The van der Waals surface area contributed by atoms with Gasteiger partial charge in [-0.15, -0.1) is 0 Å². The zero-order valence-electron chi connectivity index (χ0n) is 10.9. The number of nitro groups is 1. The zero-order chi connectivity index (χ0) is 14.7. The Bertz CT molecular complexity index is 565. The minimum atomic E-state index is -0.871. The predicted octanol–water partition coefficient (Wildman–Crippen LogP) is 0.950. The first kappa shape index (κ1) is 14.4. The first-order chi connectivity index (χ1) is 9.52. The molecule has 108 valence electrons. The summed E-state index contributed by atoms with van der Waals surface area (Å²) in [6.07, 6.45) is 0. The van der Waals surface area contributed by atoms with E-state index < -0.39 is 21.7 Å². The van der Waals surface area contributed by atoms with Crippen LogP contribution in [0.1, 0.15) is 10.4 Å². The summed E-state index contributed by atoms with van der Waals surface area (Å²) >= 11 is 0. The number of rotatable bonds is 3. The molecule has 1 heterocycles. The van der Waals surface area contributed by atoms with Crippen molar-refractivity contribution in [2.45, 2.75) is 0 Å². The predicted molar refractivity (Wildman–Crippen MR) is 74.5 cm³/mol. The van der Waals surface area contributed by atoms with Gasteiger partial charge in [-0.05, 0) is 12.1 Å². The van der Waals surface area contributed by atoms with Crippen molar-refractivity contribution < 1.29 is 18.7 Å².